The number of ether oxygens (including phenoxy) is 1. The van der Waals surface area contributed by atoms with Crippen molar-refractivity contribution in [3.63, 3.8) is 0 Å². The van der Waals surface area contributed by atoms with Gasteiger partial charge in [0.15, 0.2) is 11.6 Å². The highest BCUT2D eigenvalue weighted by Gasteiger charge is 2.19. The average molecular weight is 450 g/mol. The van der Waals surface area contributed by atoms with E-state index in [9.17, 15) is 13.2 Å². The number of aryl methyl sites for hydroxylation is 2. The van der Waals surface area contributed by atoms with E-state index in [-0.39, 0.29) is 22.2 Å². The molecule has 0 saturated carbocycles. The molecule has 0 bridgehead atoms. The molecule has 154 valence electrons. The molecule has 0 unspecified atom stereocenters. The highest BCUT2D eigenvalue weighted by molar-refractivity contribution is 7.19. The number of aromatic nitrogens is 3. The van der Waals surface area contributed by atoms with Crippen LogP contribution < -0.4 is 4.74 Å². The van der Waals surface area contributed by atoms with Crippen molar-refractivity contribution in [3.05, 3.63) is 64.9 Å². The van der Waals surface area contributed by atoms with Crippen molar-refractivity contribution in [2.75, 3.05) is 0 Å². The summed E-state index contributed by atoms with van der Waals surface area (Å²) in [6.45, 7) is -0.914. The van der Waals surface area contributed by atoms with Crippen LogP contribution in [0.2, 0.25) is 5.02 Å². The van der Waals surface area contributed by atoms with Gasteiger partial charge in [0.1, 0.15) is 11.6 Å². The monoisotopic (exact) mass is 449 g/mol. The maximum atomic E-state index is 14.3. The van der Waals surface area contributed by atoms with Gasteiger partial charge in [0, 0.05) is 11.9 Å². The van der Waals surface area contributed by atoms with E-state index in [2.05, 4.69) is 14.8 Å². The molecular formula is C21H15ClF3N3OS. The van der Waals surface area contributed by atoms with Crippen molar-refractivity contribution in [1.29, 1.82) is 0 Å². The number of thiophene rings is 1. The summed E-state index contributed by atoms with van der Waals surface area (Å²) in [7, 11) is 1.73. The van der Waals surface area contributed by atoms with E-state index in [0.29, 0.717) is 5.82 Å². The lowest BCUT2D eigenvalue weighted by Gasteiger charge is -2.05. The lowest BCUT2D eigenvalue weighted by Crippen LogP contribution is -2.01. The van der Waals surface area contributed by atoms with Gasteiger partial charge in [-0.05, 0) is 60.5 Å². The maximum absolute atomic E-state index is 14.3. The minimum Gasteiger partial charge on any atom is -0.435 e. The summed E-state index contributed by atoms with van der Waals surface area (Å²) in [6.07, 6.45) is 0. The molecule has 0 aliphatic rings. The largest absolute Gasteiger partial charge is 0.435 e. The van der Waals surface area contributed by atoms with Gasteiger partial charge in [0.2, 0.25) is 0 Å². The third-order valence-electron chi connectivity index (χ3n) is 4.43. The van der Waals surface area contributed by atoms with Crippen LogP contribution in [0.4, 0.5) is 13.2 Å². The van der Waals surface area contributed by atoms with Gasteiger partial charge in [0.05, 0.1) is 15.5 Å². The zero-order valence-corrected chi connectivity index (χ0v) is 17.4. The Balaban J connectivity index is 1.69. The second kappa shape index (κ2) is 8.12. The minimum absolute atomic E-state index is 0.0999. The number of benzene rings is 2. The van der Waals surface area contributed by atoms with Crippen molar-refractivity contribution in [1.82, 2.24) is 14.8 Å². The second-order valence-corrected chi connectivity index (χ2v) is 7.96. The highest BCUT2D eigenvalue weighted by atomic mass is 35.5. The SMILES string of the molecule is Cc1cc(-c2nc(-c3c(F)cccc3Cl)nn2C)sc1-c1ccc(OC(F)F)cc1. The van der Waals surface area contributed by atoms with E-state index in [1.165, 1.54) is 35.6 Å². The van der Waals surface area contributed by atoms with Crippen LogP contribution in [0.3, 0.4) is 0 Å². The first-order valence-corrected chi connectivity index (χ1v) is 10.0. The van der Waals surface area contributed by atoms with E-state index < -0.39 is 12.4 Å². The van der Waals surface area contributed by atoms with Gasteiger partial charge in [-0.3, -0.25) is 0 Å². The van der Waals surface area contributed by atoms with Crippen molar-refractivity contribution < 1.29 is 17.9 Å². The number of hydrogen-bond acceptors (Lipinski definition) is 4. The molecule has 2 aromatic heterocycles. The molecule has 0 saturated heterocycles. The predicted molar refractivity (Wildman–Crippen MR) is 112 cm³/mol. The molecule has 0 fully saturated rings. The van der Waals surface area contributed by atoms with Crippen LogP contribution in [-0.2, 0) is 7.05 Å². The Kier molecular flexibility index (Phi) is 5.53. The molecule has 4 aromatic rings. The summed E-state index contributed by atoms with van der Waals surface area (Å²) in [5.74, 6) is 0.384. The first-order chi connectivity index (χ1) is 14.3. The number of rotatable bonds is 5. The summed E-state index contributed by atoms with van der Waals surface area (Å²) < 4.78 is 44.9. The fourth-order valence-corrected chi connectivity index (χ4v) is 4.53. The van der Waals surface area contributed by atoms with Gasteiger partial charge < -0.3 is 4.74 Å². The third-order valence-corrected chi connectivity index (χ3v) is 6.03. The average Bonchev–Trinajstić information content (AvgIpc) is 3.24. The molecule has 2 aromatic carbocycles. The molecule has 0 aliphatic carbocycles. The smallest absolute Gasteiger partial charge is 0.387 e. The van der Waals surface area contributed by atoms with E-state index >= 15 is 0 Å². The van der Waals surface area contributed by atoms with Crippen LogP contribution in [0.25, 0.3) is 32.5 Å². The molecule has 0 radical (unpaired) electrons. The quantitative estimate of drug-likeness (QED) is 0.345. The van der Waals surface area contributed by atoms with Crippen LogP contribution in [-0.4, -0.2) is 21.4 Å². The Hall–Kier alpha value is -2.84. The van der Waals surface area contributed by atoms with Crippen LogP contribution >= 0.6 is 22.9 Å². The van der Waals surface area contributed by atoms with E-state index in [0.717, 1.165) is 20.9 Å². The Morgan fingerprint density at radius 3 is 2.53 bits per heavy atom. The first-order valence-electron chi connectivity index (χ1n) is 8.85. The molecule has 0 aliphatic heterocycles. The summed E-state index contributed by atoms with van der Waals surface area (Å²) in [5.41, 5.74) is 2.01. The number of hydrogen-bond donors (Lipinski definition) is 0. The van der Waals surface area contributed by atoms with Gasteiger partial charge in [-0.25, -0.2) is 14.1 Å². The first kappa shape index (κ1) is 20.4. The summed E-state index contributed by atoms with van der Waals surface area (Å²) in [6, 6.07) is 12.8. The molecule has 0 atom stereocenters. The van der Waals surface area contributed by atoms with Crippen LogP contribution in [0.1, 0.15) is 5.56 Å². The third kappa shape index (κ3) is 3.93. The summed E-state index contributed by atoms with van der Waals surface area (Å²) in [5, 5.41) is 4.57. The molecule has 9 heteroatoms. The fraction of sp³-hybridized carbons (Fsp3) is 0.143. The lowest BCUT2D eigenvalue weighted by atomic mass is 10.1. The Morgan fingerprint density at radius 1 is 1.13 bits per heavy atom. The van der Waals surface area contributed by atoms with E-state index in [1.54, 1.807) is 29.9 Å². The lowest BCUT2D eigenvalue weighted by molar-refractivity contribution is -0.0498. The van der Waals surface area contributed by atoms with Crippen molar-refractivity contribution in [2.24, 2.45) is 7.05 Å². The van der Waals surface area contributed by atoms with Crippen molar-refractivity contribution in [2.45, 2.75) is 13.5 Å². The molecule has 30 heavy (non-hydrogen) atoms. The zero-order chi connectivity index (χ0) is 21.4. The molecular weight excluding hydrogens is 435 g/mol. The van der Waals surface area contributed by atoms with E-state index in [1.807, 2.05) is 13.0 Å². The molecule has 4 rings (SSSR count). The van der Waals surface area contributed by atoms with Gasteiger partial charge in [-0.2, -0.15) is 13.9 Å². The Labute approximate surface area is 179 Å². The second-order valence-electron chi connectivity index (χ2n) is 6.50. The molecule has 0 amide bonds. The van der Waals surface area contributed by atoms with Crippen LogP contribution in [0, 0.1) is 12.7 Å². The zero-order valence-electron chi connectivity index (χ0n) is 15.9. The van der Waals surface area contributed by atoms with Crippen molar-refractivity contribution in [3.8, 4) is 38.3 Å². The summed E-state index contributed by atoms with van der Waals surface area (Å²) in [4.78, 5) is 6.30. The Morgan fingerprint density at radius 2 is 1.87 bits per heavy atom. The van der Waals surface area contributed by atoms with Crippen LogP contribution in [0.15, 0.2) is 48.5 Å². The maximum Gasteiger partial charge on any atom is 0.387 e. The molecule has 0 spiro atoms. The topological polar surface area (TPSA) is 39.9 Å². The minimum atomic E-state index is -2.86. The number of halogens is 4. The number of nitrogens with zero attached hydrogens (tertiary/aromatic N) is 3. The standard InChI is InChI=1S/C21H15ClF3N3OS/c1-11-10-16(30-18(11)12-6-8-13(9-7-12)29-21(24)25)20-26-19(27-28(20)2)17-14(22)4-3-5-15(17)23/h3-10,21H,1-2H3. The molecule has 4 nitrogen and oxygen atoms in total. The van der Waals surface area contributed by atoms with Gasteiger partial charge >= 0.3 is 6.61 Å². The number of alkyl halides is 2. The molecule has 2 heterocycles. The summed E-state index contributed by atoms with van der Waals surface area (Å²) >= 11 is 7.62. The fourth-order valence-electron chi connectivity index (χ4n) is 3.08. The van der Waals surface area contributed by atoms with Gasteiger partial charge in [0.25, 0.3) is 0 Å². The van der Waals surface area contributed by atoms with E-state index in [4.69, 9.17) is 11.6 Å². The van der Waals surface area contributed by atoms with Gasteiger partial charge in [-0.1, -0.05) is 17.7 Å². The van der Waals surface area contributed by atoms with Crippen LogP contribution in [0.5, 0.6) is 5.75 Å². The van der Waals surface area contributed by atoms with Crippen molar-refractivity contribution >= 4 is 22.9 Å². The normalized spacial score (nSPS) is 11.3. The Bertz CT molecular complexity index is 1180. The highest BCUT2D eigenvalue weighted by Crippen LogP contribution is 2.39. The predicted octanol–water partition coefficient (Wildman–Crippen LogP) is 6.58. The van der Waals surface area contributed by atoms with Gasteiger partial charge in [-0.15, -0.1) is 11.3 Å². The molecule has 0 N–H and O–H groups in total.